The summed E-state index contributed by atoms with van der Waals surface area (Å²) in [5, 5.41) is 0. The van der Waals surface area contributed by atoms with Crippen molar-refractivity contribution in [2.45, 2.75) is 163 Å². The molecule has 1 aliphatic heterocycles. The topological polar surface area (TPSA) is 65.1 Å². The standard InChI is InChI=1S/C31H57NO5/c1-10-11-12-13-14-15-16-17-18-19-20-21-22-23-26-25(24-35-27(33)29(2,3)4)32(31(8,9)36-26)28(34)37-30(5,6)7/h22-23,25-26H,10-21,24H2,1-9H3/b23-22+/t25-,26+/m0/s1. The zero-order chi connectivity index (χ0) is 28.1. The molecule has 6 nitrogen and oxygen atoms in total. The molecule has 0 aliphatic carbocycles. The first kappa shape index (κ1) is 33.5. The van der Waals surface area contributed by atoms with Crippen molar-refractivity contribution >= 4 is 12.1 Å². The van der Waals surface area contributed by atoms with Crippen LogP contribution in [0.3, 0.4) is 0 Å². The minimum Gasteiger partial charge on any atom is -0.463 e. The van der Waals surface area contributed by atoms with Crippen molar-refractivity contribution in [2.24, 2.45) is 5.41 Å². The number of ether oxygens (including phenoxy) is 3. The van der Waals surface area contributed by atoms with Crippen LogP contribution in [0.15, 0.2) is 12.2 Å². The van der Waals surface area contributed by atoms with Crippen molar-refractivity contribution in [3.63, 3.8) is 0 Å². The quantitative estimate of drug-likeness (QED) is 0.122. The Morgan fingerprint density at radius 1 is 0.865 bits per heavy atom. The third-order valence-corrected chi connectivity index (χ3v) is 6.60. The molecular formula is C31H57NO5. The van der Waals surface area contributed by atoms with Crippen LogP contribution in [0.2, 0.25) is 0 Å². The van der Waals surface area contributed by atoms with Crippen LogP contribution >= 0.6 is 0 Å². The van der Waals surface area contributed by atoms with Crippen LogP contribution in [0.4, 0.5) is 4.79 Å². The smallest absolute Gasteiger partial charge is 0.413 e. The van der Waals surface area contributed by atoms with Crippen LogP contribution in [0.25, 0.3) is 0 Å². The van der Waals surface area contributed by atoms with Crippen LogP contribution < -0.4 is 0 Å². The molecule has 1 aliphatic rings. The zero-order valence-electron chi connectivity index (χ0n) is 25.5. The molecule has 2 atom stereocenters. The molecule has 1 amide bonds. The number of nitrogens with zero attached hydrogens (tertiary/aromatic N) is 1. The summed E-state index contributed by atoms with van der Waals surface area (Å²) in [7, 11) is 0. The predicted octanol–water partition coefficient (Wildman–Crippen LogP) is 8.57. The molecule has 1 rings (SSSR count). The second-order valence-corrected chi connectivity index (χ2v) is 13.0. The van der Waals surface area contributed by atoms with Gasteiger partial charge in [0, 0.05) is 0 Å². The Kier molecular flexibility index (Phi) is 14.3. The van der Waals surface area contributed by atoms with Gasteiger partial charge in [-0.25, -0.2) is 4.79 Å². The van der Waals surface area contributed by atoms with Gasteiger partial charge in [-0.3, -0.25) is 9.69 Å². The molecule has 0 radical (unpaired) electrons. The van der Waals surface area contributed by atoms with E-state index in [1.165, 1.54) is 64.2 Å². The van der Waals surface area contributed by atoms with E-state index in [9.17, 15) is 9.59 Å². The highest BCUT2D eigenvalue weighted by Gasteiger charge is 2.51. The number of rotatable bonds is 15. The SMILES string of the molecule is CCCCCCCCCCCCC/C=C/[C@H]1OC(C)(C)N(C(=O)OC(C)(C)C)[C@H]1COC(=O)C(C)(C)C. The van der Waals surface area contributed by atoms with Crippen LogP contribution in [-0.2, 0) is 19.0 Å². The Morgan fingerprint density at radius 3 is 1.86 bits per heavy atom. The molecule has 216 valence electrons. The molecular weight excluding hydrogens is 466 g/mol. The number of esters is 1. The Morgan fingerprint density at radius 2 is 1.38 bits per heavy atom. The van der Waals surface area contributed by atoms with Gasteiger partial charge >= 0.3 is 12.1 Å². The molecule has 1 saturated heterocycles. The van der Waals surface area contributed by atoms with Crippen LogP contribution in [0, 0.1) is 5.41 Å². The molecule has 0 aromatic carbocycles. The summed E-state index contributed by atoms with van der Waals surface area (Å²) in [5.74, 6) is -0.301. The Labute approximate surface area is 227 Å². The first-order chi connectivity index (χ1) is 17.2. The lowest BCUT2D eigenvalue weighted by Gasteiger charge is -2.35. The molecule has 1 heterocycles. The maximum Gasteiger partial charge on any atom is 0.413 e. The van der Waals surface area contributed by atoms with Gasteiger partial charge in [0.1, 0.15) is 30.1 Å². The Balaban J connectivity index is 2.62. The van der Waals surface area contributed by atoms with E-state index in [4.69, 9.17) is 14.2 Å². The zero-order valence-corrected chi connectivity index (χ0v) is 25.5. The van der Waals surface area contributed by atoms with E-state index in [0.717, 1.165) is 12.8 Å². The van der Waals surface area contributed by atoms with Gasteiger partial charge in [0.15, 0.2) is 0 Å². The minimum absolute atomic E-state index is 0.0617. The first-order valence-electron chi connectivity index (χ1n) is 14.7. The number of carbonyl (C=O) groups is 2. The summed E-state index contributed by atoms with van der Waals surface area (Å²) in [4.78, 5) is 27.2. The van der Waals surface area contributed by atoms with Gasteiger partial charge in [0.25, 0.3) is 0 Å². The minimum atomic E-state index is -0.882. The Hall–Kier alpha value is -1.56. The summed E-state index contributed by atoms with van der Waals surface area (Å²) >= 11 is 0. The maximum atomic E-state index is 13.1. The lowest BCUT2D eigenvalue weighted by Crippen LogP contribution is -2.52. The molecule has 37 heavy (non-hydrogen) atoms. The third kappa shape index (κ3) is 13.2. The average molecular weight is 524 g/mol. The van der Waals surface area contributed by atoms with Gasteiger partial charge in [-0.15, -0.1) is 0 Å². The molecule has 0 N–H and O–H groups in total. The van der Waals surface area contributed by atoms with Crippen molar-refractivity contribution in [2.75, 3.05) is 6.61 Å². The van der Waals surface area contributed by atoms with Gasteiger partial charge in [0.05, 0.1) is 5.41 Å². The third-order valence-electron chi connectivity index (χ3n) is 6.60. The molecule has 6 heteroatoms. The fourth-order valence-electron chi connectivity index (χ4n) is 4.55. The number of allylic oxidation sites excluding steroid dienone is 1. The Bertz CT molecular complexity index is 701. The molecule has 1 fully saturated rings. The first-order valence-corrected chi connectivity index (χ1v) is 14.7. The fraction of sp³-hybridized carbons (Fsp3) is 0.871. The molecule has 0 unspecified atom stereocenters. The second kappa shape index (κ2) is 15.8. The van der Waals surface area contributed by atoms with E-state index in [1.54, 1.807) is 4.90 Å². The monoisotopic (exact) mass is 523 g/mol. The number of amides is 1. The lowest BCUT2D eigenvalue weighted by atomic mass is 9.97. The summed E-state index contributed by atoms with van der Waals surface area (Å²) < 4.78 is 17.6. The second-order valence-electron chi connectivity index (χ2n) is 13.0. The number of hydrogen-bond acceptors (Lipinski definition) is 5. The lowest BCUT2D eigenvalue weighted by molar-refractivity contribution is -0.154. The van der Waals surface area contributed by atoms with Gasteiger partial charge < -0.3 is 14.2 Å². The number of carbonyl (C=O) groups excluding carboxylic acids is 2. The average Bonchev–Trinajstić information content (AvgIpc) is 3.02. The summed E-state index contributed by atoms with van der Waals surface area (Å²) in [5.41, 5.74) is -2.14. The highest BCUT2D eigenvalue weighted by atomic mass is 16.6. The van der Waals surface area contributed by atoms with Crippen molar-refractivity contribution in [1.29, 1.82) is 0 Å². The normalized spacial score (nSPS) is 20.0. The van der Waals surface area contributed by atoms with Crippen LogP contribution in [0.5, 0.6) is 0 Å². The van der Waals surface area contributed by atoms with Gasteiger partial charge in [-0.05, 0) is 68.2 Å². The van der Waals surface area contributed by atoms with E-state index < -0.39 is 28.9 Å². The van der Waals surface area contributed by atoms with Crippen molar-refractivity contribution in [3.8, 4) is 0 Å². The molecule has 0 aromatic heterocycles. The highest BCUT2D eigenvalue weighted by molar-refractivity contribution is 5.75. The molecule has 0 bridgehead atoms. The van der Waals surface area contributed by atoms with Crippen molar-refractivity contribution < 1.29 is 23.8 Å². The highest BCUT2D eigenvalue weighted by Crippen LogP contribution is 2.35. The molecule has 0 aromatic rings. The molecule has 0 spiro atoms. The predicted molar refractivity (Wildman–Crippen MR) is 151 cm³/mol. The largest absolute Gasteiger partial charge is 0.463 e. The fourth-order valence-corrected chi connectivity index (χ4v) is 4.55. The van der Waals surface area contributed by atoms with Crippen LogP contribution in [-0.4, -0.2) is 47.0 Å². The van der Waals surface area contributed by atoms with Gasteiger partial charge in [0.2, 0.25) is 0 Å². The summed E-state index contributed by atoms with van der Waals surface area (Å²) in [6.45, 7) is 17.0. The van der Waals surface area contributed by atoms with Gasteiger partial charge in [-0.1, -0.05) is 83.3 Å². The number of hydrogen-bond donors (Lipinski definition) is 0. The van der Waals surface area contributed by atoms with Crippen LogP contribution in [0.1, 0.15) is 139 Å². The number of unbranched alkanes of at least 4 members (excludes halogenated alkanes) is 11. The van der Waals surface area contributed by atoms with E-state index in [-0.39, 0.29) is 18.7 Å². The van der Waals surface area contributed by atoms with Gasteiger partial charge in [-0.2, -0.15) is 0 Å². The van der Waals surface area contributed by atoms with E-state index in [1.807, 2.05) is 61.5 Å². The van der Waals surface area contributed by atoms with Crippen molar-refractivity contribution in [3.05, 3.63) is 12.2 Å². The maximum absolute atomic E-state index is 13.1. The van der Waals surface area contributed by atoms with E-state index in [2.05, 4.69) is 13.0 Å². The summed E-state index contributed by atoms with van der Waals surface area (Å²) in [6.07, 6.45) is 18.9. The van der Waals surface area contributed by atoms with E-state index >= 15 is 0 Å². The van der Waals surface area contributed by atoms with Crippen molar-refractivity contribution in [1.82, 2.24) is 4.90 Å². The molecule has 0 saturated carbocycles. The van der Waals surface area contributed by atoms with E-state index in [0.29, 0.717) is 0 Å². The summed E-state index contributed by atoms with van der Waals surface area (Å²) in [6, 6.07) is -0.454.